The summed E-state index contributed by atoms with van der Waals surface area (Å²) in [5.41, 5.74) is 1.47. The van der Waals surface area contributed by atoms with Gasteiger partial charge in [-0.15, -0.1) is 0 Å². The van der Waals surface area contributed by atoms with Crippen molar-refractivity contribution in [3.05, 3.63) is 34.3 Å². The van der Waals surface area contributed by atoms with Crippen molar-refractivity contribution in [1.82, 2.24) is 5.32 Å². The molecule has 0 amide bonds. The quantitative estimate of drug-likeness (QED) is 0.856. The fraction of sp³-hybridized carbons (Fsp3) is 0.455. The number of nitrogens with one attached hydrogen (secondary N) is 1. The Morgan fingerprint density at radius 1 is 1.46 bits per heavy atom. The fourth-order valence-electron chi connectivity index (χ4n) is 1.89. The van der Waals surface area contributed by atoms with Crippen LogP contribution >= 0.6 is 15.9 Å². The van der Waals surface area contributed by atoms with E-state index in [1.54, 1.807) is 0 Å². The summed E-state index contributed by atoms with van der Waals surface area (Å²) < 4.78 is 1.26. The Morgan fingerprint density at radius 2 is 2.23 bits per heavy atom. The molecule has 1 aromatic carbocycles. The van der Waals surface area contributed by atoms with Crippen LogP contribution in [0.2, 0.25) is 0 Å². The summed E-state index contributed by atoms with van der Waals surface area (Å²) in [5.74, 6) is 1.63. The highest BCUT2D eigenvalue weighted by Gasteiger charge is 2.38. The first-order valence-corrected chi connectivity index (χ1v) is 5.51. The second kappa shape index (κ2) is 3.81. The van der Waals surface area contributed by atoms with Crippen LogP contribution in [-0.4, -0.2) is 13.6 Å². The maximum absolute atomic E-state index is 3.60. The molecule has 0 aromatic heterocycles. The van der Waals surface area contributed by atoms with Gasteiger partial charge in [0.2, 0.25) is 0 Å². The summed E-state index contributed by atoms with van der Waals surface area (Å²) >= 11 is 3.60. The molecule has 0 spiro atoms. The lowest BCUT2D eigenvalue weighted by Crippen LogP contribution is -2.10. The smallest absolute Gasteiger partial charge is 0.0210 e. The van der Waals surface area contributed by atoms with E-state index in [9.17, 15) is 0 Å². The Bertz CT molecular complexity index is 298. The molecule has 1 saturated carbocycles. The van der Waals surface area contributed by atoms with E-state index < -0.39 is 0 Å². The van der Waals surface area contributed by atoms with Gasteiger partial charge < -0.3 is 5.32 Å². The lowest BCUT2D eigenvalue weighted by molar-refractivity contribution is 0.697. The SMILES string of the molecule is CNC[C@H]1C[C@H]1c1ccccc1Br. The molecule has 0 heterocycles. The number of rotatable bonds is 3. The summed E-state index contributed by atoms with van der Waals surface area (Å²) in [6.07, 6.45) is 1.34. The molecule has 13 heavy (non-hydrogen) atoms. The van der Waals surface area contributed by atoms with Gasteiger partial charge in [0.15, 0.2) is 0 Å². The predicted molar refractivity (Wildman–Crippen MR) is 58.9 cm³/mol. The maximum Gasteiger partial charge on any atom is 0.0210 e. The predicted octanol–water partition coefficient (Wildman–Crippen LogP) is 2.77. The minimum atomic E-state index is 0.781. The summed E-state index contributed by atoms with van der Waals surface area (Å²) in [5, 5.41) is 3.23. The molecular formula is C11H14BrN. The molecular weight excluding hydrogens is 226 g/mol. The standard InChI is InChI=1S/C11H14BrN/c1-13-7-8-6-10(8)9-4-2-3-5-11(9)12/h2-5,8,10,13H,6-7H2,1H3/t8-,10-/m1/s1. The van der Waals surface area contributed by atoms with Crippen LogP contribution in [0.4, 0.5) is 0 Å². The van der Waals surface area contributed by atoms with E-state index in [1.807, 2.05) is 7.05 Å². The van der Waals surface area contributed by atoms with Crippen molar-refractivity contribution in [2.45, 2.75) is 12.3 Å². The molecule has 1 nitrogen and oxygen atoms in total. The summed E-state index contributed by atoms with van der Waals surface area (Å²) in [6.45, 7) is 1.14. The molecule has 1 aliphatic carbocycles. The molecule has 70 valence electrons. The zero-order valence-electron chi connectivity index (χ0n) is 7.76. The molecule has 0 bridgehead atoms. The molecule has 1 aromatic rings. The number of halogens is 1. The minimum absolute atomic E-state index is 0.781. The van der Waals surface area contributed by atoms with Crippen LogP contribution in [0, 0.1) is 5.92 Å². The first-order valence-electron chi connectivity index (χ1n) is 4.72. The number of benzene rings is 1. The van der Waals surface area contributed by atoms with Gasteiger partial charge in [0.05, 0.1) is 0 Å². The normalized spacial score (nSPS) is 26.0. The van der Waals surface area contributed by atoms with E-state index in [-0.39, 0.29) is 0 Å². The monoisotopic (exact) mass is 239 g/mol. The molecule has 2 heteroatoms. The second-order valence-electron chi connectivity index (χ2n) is 3.68. The third kappa shape index (κ3) is 1.94. The number of hydrogen-bond donors (Lipinski definition) is 1. The average Bonchev–Trinajstić information content (AvgIpc) is 2.86. The summed E-state index contributed by atoms with van der Waals surface area (Å²) in [6, 6.07) is 8.55. The van der Waals surface area contributed by atoms with Crippen LogP contribution in [0.25, 0.3) is 0 Å². The lowest BCUT2D eigenvalue weighted by atomic mass is 10.1. The first-order chi connectivity index (χ1) is 6.33. The molecule has 1 aliphatic rings. The zero-order valence-corrected chi connectivity index (χ0v) is 9.34. The molecule has 0 aliphatic heterocycles. The Hall–Kier alpha value is -0.340. The minimum Gasteiger partial charge on any atom is -0.319 e. The third-order valence-electron chi connectivity index (χ3n) is 2.69. The zero-order chi connectivity index (χ0) is 9.26. The Morgan fingerprint density at radius 3 is 2.92 bits per heavy atom. The average molecular weight is 240 g/mol. The van der Waals surface area contributed by atoms with Gasteiger partial charge in [-0.05, 0) is 43.5 Å². The van der Waals surface area contributed by atoms with Gasteiger partial charge in [0.25, 0.3) is 0 Å². The molecule has 1 N–H and O–H groups in total. The Labute approximate surface area is 87.7 Å². The molecule has 1 fully saturated rings. The van der Waals surface area contributed by atoms with Crippen molar-refractivity contribution >= 4 is 15.9 Å². The van der Waals surface area contributed by atoms with Gasteiger partial charge in [-0.1, -0.05) is 34.1 Å². The van der Waals surface area contributed by atoms with Gasteiger partial charge in [0.1, 0.15) is 0 Å². The van der Waals surface area contributed by atoms with Gasteiger partial charge in [-0.2, -0.15) is 0 Å². The molecule has 0 radical (unpaired) electrons. The molecule has 0 unspecified atom stereocenters. The van der Waals surface area contributed by atoms with Crippen LogP contribution in [-0.2, 0) is 0 Å². The van der Waals surface area contributed by atoms with Crippen LogP contribution in [0.3, 0.4) is 0 Å². The Kier molecular flexibility index (Phi) is 2.70. The molecule has 2 rings (SSSR count). The fourth-order valence-corrected chi connectivity index (χ4v) is 2.47. The van der Waals surface area contributed by atoms with Crippen LogP contribution < -0.4 is 5.32 Å². The van der Waals surface area contributed by atoms with Crippen LogP contribution in [0.1, 0.15) is 17.9 Å². The van der Waals surface area contributed by atoms with Gasteiger partial charge in [0, 0.05) is 4.47 Å². The van der Waals surface area contributed by atoms with Crippen molar-refractivity contribution in [3.8, 4) is 0 Å². The topological polar surface area (TPSA) is 12.0 Å². The van der Waals surface area contributed by atoms with Crippen molar-refractivity contribution < 1.29 is 0 Å². The van der Waals surface area contributed by atoms with Crippen molar-refractivity contribution in [2.75, 3.05) is 13.6 Å². The van der Waals surface area contributed by atoms with E-state index >= 15 is 0 Å². The van der Waals surface area contributed by atoms with Crippen LogP contribution in [0.5, 0.6) is 0 Å². The maximum atomic E-state index is 3.60. The largest absolute Gasteiger partial charge is 0.319 e. The van der Waals surface area contributed by atoms with Crippen molar-refractivity contribution in [3.63, 3.8) is 0 Å². The van der Waals surface area contributed by atoms with E-state index in [2.05, 4.69) is 45.5 Å². The highest BCUT2D eigenvalue weighted by atomic mass is 79.9. The van der Waals surface area contributed by atoms with Crippen molar-refractivity contribution in [2.24, 2.45) is 5.92 Å². The number of hydrogen-bond acceptors (Lipinski definition) is 1. The van der Waals surface area contributed by atoms with Gasteiger partial charge in [-0.25, -0.2) is 0 Å². The molecule has 2 atom stereocenters. The Balaban J connectivity index is 2.07. The molecule has 0 saturated heterocycles. The third-order valence-corrected chi connectivity index (χ3v) is 3.42. The van der Waals surface area contributed by atoms with E-state index in [0.717, 1.165) is 18.4 Å². The summed E-state index contributed by atoms with van der Waals surface area (Å²) in [4.78, 5) is 0. The first kappa shape index (κ1) is 9.22. The van der Waals surface area contributed by atoms with Crippen LogP contribution in [0.15, 0.2) is 28.7 Å². The second-order valence-corrected chi connectivity index (χ2v) is 4.54. The lowest BCUT2D eigenvalue weighted by Gasteiger charge is -2.02. The van der Waals surface area contributed by atoms with E-state index in [1.165, 1.54) is 16.5 Å². The van der Waals surface area contributed by atoms with E-state index in [4.69, 9.17) is 0 Å². The van der Waals surface area contributed by atoms with Gasteiger partial charge in [-0.3, -0.25) is 0 Å². The van der Waals surface area contributed by atoms with E-state index in [0.29, 0.717) is 0 Å². The highest BCUT2D eigenvalue weighted by molar-refractivity contribution is 9.10. The van der Waals surface area contributed by atoms with Crippen molar-refractivity contribution in [1.29, 1.82) is 0 Å². The highest BCUT2D eigenvalue weighted by Crippen LogP contribution is 2.48. The van der Waals surface area contributed by atoms with Gasteiger partial charge >= 0.3 is 0 Å². The summed E-state index contributed by atoms with van der Waals surface area (Å²) in [7, 11) is 2.02.